The molecule has 3 nitrogen and oxygen atoms in total. The van der Waals surface area contributed by atoms with Gasteiger partial charge in [-0.05, 0) is 25.3 Å². The summed E-state index contributed by atoms with van der Waals surface area (Å²) in [6, 6.07) is 10.5. The molecular weight excluding hydrogens is 224 g/mol. The molecule has 1 aromatic carbocycles. The summed E-state index contributed by atoms with van der Waals surface area (Å²) in [6.45, 7) is 4.73. The molecule has 0 unspecified atom stereocenters. The zero-order chi connectivity index (χ0) is 12.5. The van der Waals surface area contributed by atoms with Gasteiger partial charge in [0.2, 0.25) is 0 Å². The monoisotopic (exact) mass is 239 g/mol. The minimum absolute atomic E-state index is 0.798. The standard InChI is InChI=1S/C15H15N2O/c1-11-15(12(2)18-16-11)10-17-8-7-13-5-3-4-6-14(13)9-17/h3-9H,10H2,1-2H3/q+1. The summed E-state index contributed by atoms with van der Waals surface area (Å²) >= 11 is 0. The molecule has 3 aromatic rings. The van der Waals surface area contributed by atoms with E-state index < -0.39 is 0 Å². The van der Waals surface area contributed by atoms with Gasteiger partial charge in [-0.25, -0.2) is 0 Å². The van der Waals surface area contributed by atoms with Gasteiger partial charge in [-0.1, -0.05) is 23.4 Å². The number of pyridine rings is 1. The Morgan fingerprint density at radius 2 is 1.89 bits per heavy atom. The molecule has 0 fully saturated rings. The summed E-state index contributed by atoms with van der Waals surface area (Å²) in [6.07, 6.45) is 4.25. The van der Waals surface area contributed by atoms with Crippen molar-refractivity contribution in [1.82, 2.24) is 5.16 Å². The summed E-state index contributed by atoms with van der Waals surface area (Å²) in [5, 5.41) is 6.49. The minimum atomic E-state index is 0.798. The van der Waals surface area contributed by atoms with Crippen molar-refractivity contribution in [3.8, 4) is 0 Å². The van der Waals surface area contributed by atoms with Gasteiger partial charge in [0, 0.05) is 11.5 Å². The number of aryl methyl sites for hydroxylation is 2. The van der Waals surface area contributed by atoms with Crippen molar-refractivity contribution < 1.29 is 9.09 Å². The van der Waals surface area contributed by atoms with E-state index >= 15 is 0 Å². The highest BCUT2D eigenvalue weighted by Gasteiger charge is 2.13. The largest absolute Gasteiger partial charge is 0.361 e. The van der Waals surface area contributed by atoms with Gasteiger partial charge in [0.05, 0.1) is 11.3 Å². The molecule has 0 aliphatic rings. The van der Waals surface area contributed by atoms with Crippen LogP contribution in [0.4, 0.5) is 0 Å². The molecule has 0 spiro atoms. The molecule has 2 heterocycles. The van der Waals surface area contributed by atoms with Crippen molar-refractivity contribution >= 4 is 10.8 Å². The first-order valence-electron chi connectivity index (χ1n) is 6.03. The lowest BCUT2D eigenvalue weighted by molar-refractivity contribution is -0.687. The van der Waals surface area contributed by atoms with E-state index in [1.807, 2.05) is 13.8 Å². The Morgan fingerprint density at radius 3 is 2.61 bits per heavy atom. The highest BCUT2D eigenvalue weighted by molar-refractivity contribution is 5.80. The number of hydrogen-bond donors (Lipinski definition) is 0. The second kappa shape index (κ2) is 4.26. The van der Waals surface area contributed by atoms with Crippen LogP contribution in [0.3, 0.4) is 0 Å². The highest BCUT2D eigenvalue weighted by Crippen LogP contribution is 2.13. The van der Waals surface area contributed by atoms with E-state index in [1.165, 1.54) is 10.8 Å². The molecule has 0 atom stereocenters. The molecule has 3 heteroatoms. The fourth-order valence-electron chi connectivity index (χ4n) is 2.19. The smallest absolute Gasteiger partial charge is 0.179 e. The third-order valence-corrected chi connectivity index (χ3v) is 3.27. The van der Waals surface area contributed by atoms with E-state index in [0.29, 0.717) is 0 Å². The van der Waals surface area contributed by atoms with Gasteiger partial charge in [0.15, 0.2) is 18.9 Å². The van der Waals surface area contributed by atoms with Crippen LogP contribution in [0.15, 0.2) is 47.2 Å². The van der Waals surface area contributed by atoms with Gasteiger partial charge in [0.1, 0.15) is 5.76 Å². The van der Waals surface area contributed by atoms with Crippen molar-refractivity contribution in [3.63, 3.8) is 0 Å². The fraction of sp³-hybridized carbons (Fsp3) is 0.200. The van der Waals surface area contributed by atoms with Crippen LogP contribution in [-0.4, -0.2) is 5.16 Å². The van der Waals surface area contributed by atoms with Crippen LogP contribution in [0.25, 0.3) is 10.8 Å². The van der Waals surface area contributed by atoms with Crippen molar-refractivity contribution in [3.05, 3.63) is 59.7 Å². The van der Waals surface area contributed by atoms with Gasteiger partial charge in [0.25, 0.3) is 0 Å². The molecule has 18 heavy (non-hydrogen) atoms. The zero-order valence-electron chi connectivity index (χ0n) is 10.6. The summed E-state index contributed by atoms with van der Waals surface area (Å²) in [4.78, 5) is 0. The van der Waals surface area contributed by atoms with Crippen LogP contribution in [0, 0.1) is 13.8 Å². The summed E-state index contributed by atoms with van der Waals surface area (Å²) < 4.78 is 7.35. The van der Waals surface area contributed by atoms with Crippen molar-refractivity contribution in [1.29, 1.82) is 0 Å². The number of hydrogen-bond acceptors (Lipinski definition) is 2. The topological polar surface area (TPSA) is 29.9 Å². The molecule has 90 valence electrons. The van der Waals surface area contributed by atoms with Crippen LogP contribution < -0.4 is 4.57 Å². The van der Waals surface area contributed by atoms with E-state index in [0.717, 1.165) is 23.6 Å². The number of nitrogens with zero attached hydrogens (tertiary/aromatic N) is 2. The quantitative estimate of drug-likeness (QED) is 0.644. The molecule has 0 amide bonds. The second-order valence-electron chi connectivity index (χ2n) is 4.55. The molecule has 3 rings (SSSR count). The minimum Gasteiger partial charge on any atom is -0.361 e. The average Bonchev–Trinajstić information content (AvgIpc) is 2.70. The predicted molar refractivity (Wildman–Crippen MR) is 69.2 cm³/mol. The Hall–Kier alpha value is -2.16. The molecular formula is C15H15N2O+. The highest BCUT2D eigenvalue weighted by atomic mass is 16.5. The van der Waals surface area contributed by atoms with Crippen LogP contribution in [0.2, 0.25) is 0 Å². The molecule has 0 saturated heterocycles. The maximum absolute atomic E-state index is 5.19. The van der Waals surface area contributed by atoms with Crippen LogP contribution in [0.1, 0.15) is 17.0 Å². The zero-order valence-corrected chi connectivity index (χ0v) is 10.6. The number of fused-ring (bicyclic) bond motifs is 1. The van der Waals surface area contributed by atoms with Crippen molar-refractivity contribution in [2.75, 3.05) is 0 Å². The predicted octanol–water partition coefficient (Wildman–Crippen LogP) is 2.78. The molecule has 0 radical (unpaired) electrons. The SMILES string of the molecule is Cc1noc(C)c1C[n+]1ccc2ccccc2c1. The average molecular weight is 239 g/mol. The normalized spacial score (nSPS) is 11.0. The van der Waals surface area contributed by atoms with Gasteiger partial charge in [-0.15, -0.1) is 0 Å². The first-order chi connectivity index (χ1) is 8.74. The number of rotatable bonds is 2. The molecule has 0 saturated carbocycles. The number of benzene rings is 1. The Labute approximate surface area is 106 Å². The third-order valence-electron chi connectivity index (χ3n) is 3.27. The molecule has 0 aliphatic carbocycles. The lowest BCUT2D eigenvalue weighted by Gasteiger charge is -1.99. The van der Waals surface area contributed by atoms with E-state index in [9.17, 15) is 0 Å². The van der Waals surface area contributed by atoms with Crippen molar-refractivity contribution in [2.24, 2.45) is 0 Å². The van der Waals surface area contributed by atoms with Gasteiger partial charge in [-0.2, -0.15) is 4.57 Å². The molecule has 0 N–H and O–H groups in total. The van der Waals surface area contributed by atoms with E-state index in [4.69, 9.17) is 4.52 Å². The van der Waals surface area contributed by atoms with E-state index in [2.05, 4.69) is 52.4 Å². The Morgan fingerprint density at radius 1 is 1.11 bits per heavy atom. The van der Waals surface area contributed by atoms with Crippen LogP contribution >= 0.6 is 0 Å². The molecule has 2 aromatic heterocycles. The summed E-state index contributed by atoms with van der Waals surface area (Å²) in [5.74, 6) is 0.896. The van der Waals surface area contributed by atoms with E-state index in [-0.39, 0.29) is 0 Å². The number of aromatic nitrogens is 2. The van der Waals surface area contributed by atoms with Gasteiger partial charge < -0.3 is 4.52 Å². The maximum atomic E-state index is 5.19. The van der Waals surface area contributed by atoms with Gasteiger partial charge >= 0.3 is 0 Å². The Balaban J connectivity index is 2.00. The summed E-state index contributed by atoms with van der Waals surface area (Å²) in [5.41, 5.74) is 2.13. The molecule has 0 bridgehead atoms. The second-order valence-corrected chi connectivity index (χ2v) is 4.55. The lowest BCUT2D eigenvalue weighted by Crippen LogP contribution is -2.33. The first kappa shape index (κ1) is 11.0. The van der Waals surface area contributed by atoms with Crippen molar-refractivity contribution in [2.45, 2.75) is 20.4 Å². The third kappa shape index (κ3) is 1.88. The first-order valence-corrected chi connectivity index (χ1v) is 6.03. The maximum Gasteiger partial charge on any atom is 0.179 e. The molecule has 0 aliphatic heterocycles. The van der Waals surface area contributed by atoms with Crippen LogP contribution in [0.5, 0.6) is 0 Å². The van der Waals surface area contributed by atoms with E-state index in [1.54, 1.807) is 0 Å². The Bertz CT molecular complexity index is 681. The lowest BCUT2D eigenvalue weighted by atomic mass is 10.1. The van der Waals surface area contributed by atoms with Gasteiger partial charge in [-0.3, -0.25) is 0 Å². The fourth-order valence-corrected chi connectivity index (χ4v) is 2.19. The summed E-state index contributed by atoms with van der Waals surface area (Å²) in [7, 11) is 0. The Kier molecular flexibility index (Phi) is 2.59. The van der Waals surface area contributed by atoms with Crippen LogP contribution in [-0.2, 0) is 6.54 Å².